The summed E-state index contributed by atoms with van der Waals surface area (Å²) in [4.78, 5) is 42.0. The molecule has 1 aliphatic heterocycles. The molecular weight excluding hydrogens is 528 g/mol. The van der Waals surface area contributed by atoms with Gasteiger partial charge in [0.15, 0.2) is 0 Å². The highest BCUT2D eigenvalue weighted by Gasteiger charge is 2.31. The molecule has 40 heavy (non-hydrogen) atoms. The van der Waals surface area contributed by atoms with Crippen LogP contribution in [0.4, 0.5) is 4.79 Å². The van der Waals surface area contributed by atoms with Gasteiger partial charge in [-0.25, -0.2) is 4.79 Å². The van der Waals surface area contributed by atoms with Crippen molar-refractivity contribution in [2.24, 2.45) is 0 Å². The molecule has 9 heteroatoms. The molecule has 1 N–H and O–H groups in total. The Morgan fingerprint density at radius 2 is 1.75 bits per heavy atom. The molecule has 0 aliphatic carbocycles. The van der Waals surface area contributed by atoms with E-state index < -0.39 is 17.7 Å². The third-order valence-electron chi connectivity index (χ3n) is 6.38. The first-order chi connectivity index (χ1) is 19.1. The number of nitrogens with one attached hydrogen (secondary N) is 1. The van der Waals surface area contributed by atoms with Crippen molar-refractivity contribution >= 4 is 29.3 Å². The second-order valence-electron chi connectivity index (χ2n) is 10.7. The summed E-state index contributed by atoms with van der Waals surface area (Å²) in [5.74, 6) is 0.255. The number of benzene rings is 2. The predicted octanol–water partition coefficient (Wildman–Crippen LogP) is 5.06. The second-order valence-corrected chi connectivity index (χ2v) is 12.0. The molecule has 1 aliphatic rings. The minimum atomic E-state index is -0.805. The normalized spacial score (nSPS) is 13.7. The lowest BCUT2D eigenvalue weighted by atomic mass is 10.0. The van der Waals surface area contributed by atoms with Gasteiger partial charge in [-0.05, 0) is 62.1 Å². The van der Waals surface area contributed by atoms with Crippen molar-refractivity contribution in [1.29, 1.82) is 0 Å². The SMILES string of the molecule is COC(=O)Cc1cc2c(s1)CCN(C(=O)[C@H](Cc1ccc(OCc3ccccc3)cc1)NC(=O)OC(C)(C)C)C2. The first kappa shape index (κ1) is 29.1. The van der Waals surface area contributed by atoms with Gasteiger partial charge in [0.2, 0.25) is 5.91 Å². The van der Waals surface area contributed by atoms with E-state index in [1.807, 2.05) is 60.7 Å². The van der Waals surface area contributed by atoms with Crippen molar-refractivity contribution < 1.29 is 28.6 Å². The first-order valence-electron chi connectivity index (χ1n) is 13.3. The molecule has 2 amide bonds. The van der Waals surface area contributed by atoms with Crippen molar-refractivity contribution in [1.82, 2.24) is 10.2 Å². The van der Waals surface area contributed by atoms with E-state index in [1.54, 1.807) is 37.0 Å². The fourth-order valence-corrected chi connectivity index (χ4v) is 5.61. The van der Waals surface area contributed by atoms with E-state index in [0.717, 1.165) is 27.3 Å². The molecule has 0 radical (unpaired) electrons. The lowest BCUT2D eigenvalue weighted by Gasteiger charge is -2.31. The van der Waals surface area contributed by atoms with Crippen LogP contribution in [0.3, 0.4) is 0 Å². The highest BCUT2D eigenvalue weighted by atomic mass is 32.1. The average molecular weight is 565 g/mol. The van der Waals surface area contributed by atoms with E-state index in [0.29, 0.717) is 32.5 Å². The minimum absolute atomic E-state index is 0.179. The molecule has 0 saturated carbocycles. The molecule has 0 bridgehead atoms. The van der Waals surface area contributed by atoms with Crippen LogP contribution in [0.1, 0.15) is 47.2 Å². The maximum Gasteiger partial charge on any atom is 0.408 e. The van der Waals surface area contributed by atoms with Crippen LogP contribution < -0.4 is 10.1 Å². The summed E-state index contributed by atoms with van der Waals surface area (Å²) in [6.07, 6.45) is 0.579. The van der Waals surface area contributed by atoms with Crippen molar-refractivity contribution in [2.75, 3.05) is 13.7 Å². The maximum absolute atomic E-state index is 13.7. The number of nitrogens with zero attached hydrogens (tertiary/aromatic N) is 1. The van der Waals surface area contributed by atoms with Gasteiger partial charge in [-0.2, -0.15) is 0 Å². The van der Waals surface area contributed by atoms with Gasteiger partial charge in [-0.1, -0.05) is 42.5 Å². The molecule has 212 valence electrons. The van der Waals surface area contributed by atoms with E-state index in [1.165, 1.54) is 12.0 Å². The Bertz CT molecular complexity index is 1310. The van der Waals surface area contributed by atoms with Crippen molar-refractivity contribution in [2.45, 2.75) is 64.8 Å². The molecule has 0 unspecified atom stereocenters. The number of esters is 1. The molecule has 2 heterocycles. The lowest BCUT2D eigenvalue weighted by molar-refractivity contribution is -0.139. The van der Waals surface area contributed by atoms with E-state index in [4.69, 9.17) is 14.2 Å². The maximum atomic E-state index is 13.7. The van der Waals surface area contributed by atoms with E-state index in [-0.39, 0.29) is 18.3 Å². The number of methoxy groups -OCH3 is 1. The summed E-state index contributed by atoms with van der Waals surface area (Å²) in [6.45, 7) is 6.76. The predicted molar refractivity (Wildman–Crippen MR) is 153 cm³/mol. The van der Waals surface area contributed by atoms with Gasteiger partial charge < -0.3 is 24.4 Å². The zero-order valence-electron chi connectivity index (χ0n) is 23.4. The standard InChI is InChI=1S/C31H36N2O6S/c1-31(2,3)39-30(36)32-26(16-21-10-12-24(13-11-21)38-20-22-8-6-5-7-9-22)29(35)33-15-14-27-23(19-33)17-25(40-27)18-28(34)37-4/h5-13,17,26H,14-16,18-20H2,1-4H3,(H,32,36)/t26-/m0/s1. The number of rotatable bonds is 9. The van der Waals surface area contributed by atoms with Gasteiger partial charge in [-0.15, -0.1) is 11.3 Å². The molecule has 1 aromatic heterocycles. The summed E-state index contributed by atoms with van der Waals surface area (Å²) >= 11 is 1.58. The van der Waals surface area contributed by atoms with Gasteiger partial charge in [0, 0.05) is 29.3 Å². The zero-order valence-corrected chi connectivity index (χ0v) is 24.2. The Balaban J connectivity index is 1.44. The monoisotopic (exact) mass is 564 g/mol. The van der Waals surface area contributed by atoms with Crippen LogP contribution in [-0.4, -0.2) is 48.2 Å². The Labute approximate surface area is 239 Å². The van der Waals surface area contributed by atoms with E-state index >= 15 is 0 Å². The summed E-state index contributed by atoms with van der Waals surface area (Å²) in [5.41, 5.74) is 2.29. The van der Waals surface area contributed by atoms with Crippen LogP contribution in [0.25, 0.3) is 0 Å². The van der Waals surface area contributed by atoms with E-state index in [9.17, 15) is 14.4 Å². The smallest absolute Gasteiger partial charge is 0.408 e. The molecule has 3 aromatic rings. The van der Waals surface area contributed by atoms with Crippen LogP contribution in [0.2, 0.25) is 0 Å². The lowest BCUT2D eigenvalue weighted by Crippen LogP contribution is -2.51. The number of hydrogen-bond donors (Lipinski definition) is 1. The quantitative estimate of drug-likeness (QED) is 0.365. The Hall–Kier alpha value is -3.85. The van der Waals surface area contributed by atoms with Crippen molar-refractivity contribution in [3.05, 3.63) is 87.1 Å². The third-order valence-corrected chi connectivity index (χ3v) is 7.61. The molecule has 0 fully saturated rings. The second kappa shape index (κ2) is 13.0. The summed E-state index contributed by atoms with van der Waals surface area (Å²) in [5, 5.41) is 2.80. The number of alkyl carbamates (subject to hydrolysis) is 1. The molecule has 4 rings (SSSR count). The van der Waals surface area contributed by atoms with Crippen molar-refractivity contribution in [3.8, 4) is 5.75 Å². The Morgan fingerprint density at radius 3 is 2.42 bits per heavy atom. The highest BCUT2D eigenvalue weighted by Crippen LogP contribution is 2.29. The Kier molecular flexibility index (Phi) is 9.47. The fraction of sp³-hybridized carbons (Fsp3) is 0.387. The average Bonchev–Trinajstić information content (AvgIpc) is 3.32. The van der Waals surface area contributed by atoms with Crippen LogP contribution in [0, 0.1) is 0 Å². The summed E-state index contributed by atoms with van der Waals surface area (Å²) < 4.78 is 16.1. The van der Waals surface area contributed by atoms with Gasteiger partial charge in [0.05, 0.1) is 13.5 Å². The summed E-state index contributed by atoms with van der Waals surface area (Å²) in [6, 6.07) is 18.6. The highest BCUT2D eigenvalue weighted by molar-refractivity contribution is 7.12. The number of hydrogen-bond acceptors (Lipinski definition) is 7. The molecule has 0 spiro atoms. The number of fused-ring (bicyclic) bond motifs is 1. The zero-order chi connectivity index (χ0) is 28.7. The molecule has 1 atom stereocenters. The van der Waals surface area contributed by atoms with Gasteiger partial charge in [0.1, 0.15) is 24.0 Å². The number of ether oxygens (including phenoxy) is 3. The van der Waals surface area contributed by atoms with Crippen LogP contribution in [0.5, 0.6) is 5.75 Å². The van der Waals surface area contributed by atoms with E-state index in [2.05, 4.69) is 5.32 Å². The minimum Gasteiger partial charge on any atom is -0.489 e. The van der Waals surface area contributed by atoms with Crippen LogP contribution in [-0.2, 0) is 51.5 Å². The van der Waals surface area contributed by atoms with Crippen molar-refractivity contribution in [3.63, 3.8) is 0 Å². The largest absolute Gasteiger partial charge is 0.489 e. The number of carbonyl (C=O) groups is 3. The number of thiophene rings is 1. The topological polar surface area (TPSA) is 94.2 Å². The van der Waals surface area contributed by atoms with Gasteiger partial charge >= 0.3 is 12.1 Å². The number of amides is 2. The first-order valence-corrected chi connectivity index (χ1v) is 14.1. The molecule has 8 nitrogen and oxygen atoms in total. The fourth-order valence-electron chi connectivity index (χ4n) is 4.45. The third kappa shape index (κ3) is 8.32. The Morgan fingerprint density at radius 1 is 1.02 bits per heavy atom. The van der Waals surface area contributed by atoms with Gasteiger partial charge in [-0.3, -0.25) is 9.59 Å². The van der Waals surface area contributed by atoms with Crippen LogP contribution in [0.15, 0.2) is 60.7 Å². The summed E-state index contributed by atoms with van der Waals surface area (Å²) in [7, 11) is 1.37. The molecular formula is C31H36N2O6S. The molecule has 0 saturated heterocycles. The van der Waals surface area contributed by atoms with Gasteiger partial charge in [0.25, 0.3) is 0 Å². The molecule has 2 aromatic carbocycles. The number of carbonyl (C=O) groups excluding carboxylic acids is 3. The van der Waals surface area contributed by atoms with Crippen LogP contribution >= 0.6 is 11.3 Å².